The van der Waals surface area contributed by atoms with Crippen LogP contribution >= 0.6 is 0 Å². The maximum atomic E-state index is 14.1. The van der Waals surface area contributed by atoms with Crippen molar-refractivity contribution in [2.75, 3.05) is 27.3 Å². The Morgan fingerprint density at radius 1 is 1.02 bits per heavy atom. The van der Waals surface area contributed by atoms with E-state index in [1.807, 2.05) is 0 Å². The number of hydrogen-bond acceptors (Lipinski definition) is 7. The molecule has 0 spiro atoms. The second kappa shape index (κ2) is 12.7. The number of amides is 1. The standard InChI is InChI=1S/C28H28N8O4/c1-36(2)27(38)28(18-20-8-3-5-10-23(20)32-34-29)25(22-9-4-6-11-24(22)33-35-30)40-26(31-28)19-12-14-21(15-13-19)39-17-7-16-37/h3-6,8-15,25,37H,7,16-18H2,1-2H3/t25-,28-/m1/s1. The fourth-order valence-electron chi connectivity index (χ4n) is 4.58. The molecular formula is C28H28N8O4. The SMILES string of the molecule is CN(C)C(=O)[C@]1(Cc2ccccc2N=[N+]=[N-])N=C(c2ccc(OCCCO)cc2)O[C@@H]1c1ccccc1N=[N+]=[N-]. The molecule has 4 rings (SSSR count). The number of aliphatic hydroxyl groups excluding tert-OH is 1. The Morgan fingerprint density at radius 2 is 1.68 bits per heavy atom. The molecule has 40 heavy (non-hydrogen) atoms. The summed E-state index contributed by atoms with van der Waals surface area (Å²) in [6.45, 7) is 0.406. The van der Waals surface area contributed by atoms with Gasteiger partial charge in [-0.25, -0.2) is 4.99 Å². The number of carbonyl (C=O) groups is 1. The minimum atomic E-state index is -1.53. The topological polar surface area (TPSA) is 169 Å². The van der Waals surface area contributed by atoms with Crippen molar-refractivity contribution in [3.05, 3.63) is 110 Å². The summed E-state index contributed by atoms with van der Waals surface area (Å²) in [5.41, 5.74) is 19.2. The summed E-state index contributed by atoms with van der Waals surface area (Å²) in [6, 6.07) is 20.9. The Balaban J connectivity index is 1.88. The van der Waals surface area contributed by atoms with Gasteiger partial charge >= 0.3 is 0 Å². The third-order valence-electron chi connectivity index (χ3n) is 6.39. The van der Waals surface area contributed by atoms with Crippen LogP contribution in [-0.4, -0.2) is 54.7 Å². The lowest BCUT2D eigenvalue weighted by atomic mass is 9.81. The van der Waals surface area contributed by atoms with Crippen molar-refractivity contribution in [3.63, 3.8) is 0 Å². The van der Waals surface area contributed by atoms with Gasteiger partial charge < -0.3 is 19.5 Å². The van der Waals surface area contributed by atoms with Crippen molar-refractivity contribution >= 4 is 23.2 Å². The first-order valence-corrected chi connectivity index (χ1v) is 12.5. The highest BCUT2D eigenvalue weighted by Gasteiger charge is 2.54. The lowest BCUT2D eigenvalue weighted by Gasteiger charge is -2.33. The van der Waals surface area contributed by atoms with Crippen molar-refractivity contribution in [2.24, 2.45) is 15.2 Å². The minimum absolute atomic E-state index is 0.0340. The molecular weight excluding hydrogens is 512 g/mol. The monoisotopic (exact) mass is 540 g/mol. The summed E-state index contributed by atoms with van der Waals surface area (Å²) in [4.78, 5) is 26.3. The van der Waals surface area contributed by atoms with E-state index < -0.39 is 11.6 Å². The van der Waals surface area contributed by atoms with Crippen LogP contribution in [0.3, 0.4) is 0 Å². The second-order valence-corrected chi connectivity index (χ2v) is 9.23. The molecule has 3 aromatic rings. The normalized spacial score (nSPS) is 17.6. The number of aliphatic hydroxyl groups is 1. The van der Waals surface area contributed by atoms with Gasteiger partial charge in [0.15, 0.2) is 11.6 Å². The predicted octanol–water partition coefficient (Wildman–Crippen LogP) is 5.92. The first-order valence-electron chi connectivity index (χ1n) is 12.5. The maximum absolute atomic E-state index is 14.1. The van der Waals surface area contributed by atoms with Gasteiger partial charge in [0.1, 0.15) is 5.75 Å². The van der Waals surface area contributed by atoms with E-state index in [1.165, 1.54) is 4.90 Å². The highest BCUT2D eigenvalue weighted by Crippen LogP contribution is 2.46. The molecule has 0 fully saturated rings. The molecule has 0 bridgehead atoms. The number of rotatable bonds is 11. The summed E-state index contributed by atoms with van der Waals surface area (Å²) in [5.74, 6) is 0.488. The van der Waals surface area contributed by atoms with E-state index in [-0.39, 0.29) is 24.8 Å². The zero-order chi connectivity index (χ0) is 28.5. The van der Waals surface area contributed by atoms with Crippen LogP contribution in [0.4, 0.5) is 11.4 Å². The smallest absolute Gasteiger partial charge is 0.254 e. The van der Waals surface area contributed by atoms with Gasteiger partial charge in [0.25, 0.3) is 5.91 Å². The molecule has 0 saturated carbocycles. The van der Waals surface area contributed by atoms with E-state index in [2.05, 4.69) is 20.1 Å². The van der Waals surface area contributed by atoms with Crippen LogP contribution in [0.1, 0.15) is 29.2 Å². The second-order valence-electron chi connectivity index (χ2n) is 9.23. The molecule has 0 saturated heterocycles. The lowest BCUT2D eigenvalue weighted by Crippen LogP contribution is -2.49. The summed E-state index contributed by atoms with van der Waals surface area (Å²) in [5, 5.41) is 16.7. The number of likely N-dealkylation sites (N-methyl/N-ethyl adjacent to an activating group) is 1. The van der Waals surface area contributed by atoms with E-state index >= 15 is 0 Å². The fraction of sp³-hybridized carbons (Fsp3) is 0.286. The van der Waals surface area contributed by atoms with Gasteiger partial charge in [0.05, 0.1) is 6.61 Å². The summed E-state index contributed by atoms with van der Waals surface area (Å²) in [7, 11) is 3.26. The quantitative estimate of drug-likeness (QED) is 0.138. The van der Waals surface area contributed by atoms with Crippen LogP contribution in [0.2, 0.25) is 0 Å². The Kier molecular flexibility index (Phi) is 8.88. The number of ether oxygens (including phenoxy) is 2. The van der Waals surface area contributed by atoms with E-state index in [1.54, 1.807) is 86.9 Å². The van der Waals surface area contributed by atoms with Crippen molar-refractivity contribution in [2.45, 2.75) is 24.5 Å². The molecule has 0 aliphatic carbocycles. The molecule has 0 unspecified atom stereocenters. The number of carbonyl (C=O) groups excluding carboxylic acids is 1. The summed E-state index contributed by atoms with van der Waals surface area (Å²) >= 11 is 0. The molecule has 1 aliphatic heterocycles. The molecule has 1 aliphatic rings. The van der Waals surface area contributed by atoms with Gasteiger partial charge in [-0.2, -0.15) is 0 Å². The number of azide groups is 2. The van der Waals surface area contributed by atoms with Gasteiger partial charge in [0, 0.05) is 65.9 Å². The predicted molar refractivity (Wildman–Crippen MR) is 150 cm³/mol. The first-order chi connectivity index (χ1) is 19.4. The molecule has 0 radical (unpaired) electrons. The summed E-state index contributed by atoms with van der Waals surface area (Å²) < 4.78 is 12.1. The highest BCUT2D eigenvalue weighted by molar-refractivity contribution is 6.01. The van der Waals surface area contributed by atoms with Crippen LogP contribution in [0.25, 0.3) is 20.9 Å². The van der Waals surface area contributed by atoms with Crippen LogP contribution in [0.15, 0.2) is 88.0 Å². The van der Waals surface area contributed by atoms with Crippen molar-refractivity contribution in [1.29, 1.82) is 0 Å². The molecule has 1 heterocycles. The zero-order valence-electron chi connectivity index (χ0n) is 22.1. The average molecular weight is 541 g/mol. The van der Waals surface area contributed by atoms with Gasteiger partial charge in [-0.05, 0) is 40.9 Å². The van der Waals surface area contributed by atoms with E-state index in [4.69, 9.17) is 25.1 Å². The summed E-state index contributed by atoms with van der Waals surface area (Å²) in [6.07, 6.45) is -0.421. The zero-order valence-corrected chi connectivity index (χ0v) is 22.1. The lowest BCUT2D eigenvalue weighted by molar-refractivity contribution is -0.137. The van der Waals surface area contributed by atoms with Gasteiger partial charge in [-0.15, -0.1) is 0 Å². The van der Waals surface area contributed by atoms with Crippen LogP contribution in [-0.2, 0) is 16.0 Å². The number of benzene rings is 3. The molecule has 204 valence electrons. The first kappa shape index (κ1) is 28.0. The highest BCUT2D eigenvalue weighted by atomic mass is 16.5. The van der Waals surface area contributed by atoms with Crippen LogP contribution < -0.4 is 4.74 Å². The van der Waals surface area contributed by atoms with Gasteiger partial charge in [-0.1, -0.05) is 58.8 Å². The number of aliphatic imine (C=N–C) groups is 1. The van der Waals surface area contributed by atoms with Crippen molar-refractivity contribution in [1.82, 2.24) is 4.90 Å². The Morgan fingerprint density at radius 3 is 2.35 bits per heavy atom. The van der Waals surface area contributed by atoms with Crippen molar-refractivity contribution in [3.8, 4) is 5.75 Å². The van der Waals surface area contributed by atoms with E-state index in [0.29, 0.717) is 46.8 Å². The third-order valence-corrected chi connectivity index (χ3v) is 6.39. The molecule has 12 nitrogen and oxygen atoms in total. The Hall–Kier alpha value is -5.02. The van der Waals surface area contributed by atoms with Gasteiger partial charge in [0.2, 0.25) is 5.90 Å². The largest absolute Gasteiger partial charge is 0.494 e. The minimum Gasteiger partial charge on any atom is -0.494 e. The van der Waals surface area contributed by atoms with Crippen LogP contribution in [0.5, 0.6) is 5.75 Å². The molecule has 1 N–H and O–H groups in total. The van der Waals surface area contributed by atoms with Gasteiger partial charge in [-0.3, -0.25) is 4.79 Å². The molecule has 2 atom stereocenters. The van der Waals surface area contributed by atoms with E-state index in [9.17, 15) is 10.3 Å². The maximum Gasteiger partial charge on any atom is 0.254 e. The molecule has 3 aromatic carbocycles. The molecule has 1 amide bonds. The third kappa shape index (κ3) is 5.84. The van der Waals surface area contributed by atoms with E-state index in [0.717, 1.165) is 0 Å². The number of nitrogens with zero attached hydrogens (tertiary/aromatic N) is 8. The van der Waals surface area contributed by atoms with Crippen molar-refractivity contribution < 1.29 is 19.4 Å². The number of hydrogen-bond donors (Lipinski definition) is 1. The fourth-order valence-corrected chi connectivity index (χ4v) is 4.58. The average Bonchev–Trinajstić information content (AvgIpc) is 3.34. The molecule has 0 aromatic heterocycles. The Bertz CT molecular complexity index is 1490. The Labute approximate surface area is 230 Å². The molecule has 12 heteroatoms. The van der Waals surface area contributed by atoms with Crippen LogP contribution in [0, 0.1) is 0 Å².